The van der Waals surface area contributed by atoms with Gasteiger partial charge in [-0.1, -0.05) is 13.8 Å². The molecule has 0 spiro atoms. The van der Waals surface area contributed by atoms with Crippen LogP contribution < -0.4 is 4.90 Å². The summed E-state index contributed by atoms with van der Waals surface area (Å²) in [7, 11) is 1.94. The van der Waals surface area contributed by atoms with Crippen LogP contribution in [0.15, 0.2) is 24.7 Å². The normalized spacial score (nSPS) is 17.7. The maximum atomic E-state index is 12.4. The SMILES string of the molecule is CCC(C)C(=O)N1CCN(c2ccnc3c2C=C(c2cnn(C)c2)C3)CC1. The lowest BCUT2D eigenvalue weighted by Crippen LogP contribution is -2.50. The molecule has 1 unspecified atom stereocenters. The van der Waals surface area contributed by atoms with Crippen LogP contribution in [-0.2, 0) is 18.3 Å². The number of nitrogens with zero attached hydrogens (tertiary/aromatic N) is 5. The Balaban J connectivity index is 1.52. The zero-order chi connectivity index (χ0) is 19.0. The molecule has 2 aromatic heterocycles. The molecule has 1 saturated heterocycles. The summed E-state index contributed by atoms with van der Waals surface area (Å²) in [5, 5.41) is 4.29. The largest absolute Gasteiger partial charge is 0.367 e. The molecule has 27 heavy (non-hydrogen) atoms. The smallest absolute Gasteiger partial charge is 0.225 e. The third kappa shape index (κ3) is 3.36. The lowest BCUT2D eigenvalue weighted by molar-refractivity contribution is -0.135. The Morgan fingerprint density at radius 3 is 2.70 bits per heavy atom. The van der Waals surface area contributed by atoms with Gasteiger partial charge in [0.15, 0.2) is 0 Å². The average molecular weight is 365 g/mol. The highest BCUT2D eigenvalue weighted by Gasteiger charge is 2.27. The minimum Gasteiger partial charge on any atom is -0.367 e. The summed E-state index contributed by atoms with van der Waals surface area (Å²) in [6.07, 6.45) is 9.88. The molecular weight excluding hydrogens is 338 g/mol. The summed E-state index contributed by atoms with van der Waals surface area (Å²) < 4.78 is 1.83. The van der Waals surface area contributed by atoms with Crippen LogP contribution in [0.5, 0.6) is 0 Å². The van der Waals surface area contributed by atoms with Gasteiger partial charge in [0.2, 0.25) is 5.91 Å². The minimum atomic E-state index is 0.117. The van der Waals surface area contributed by atoms with Crippen molar-refractivity contribution in [2.45, 2.75) is 26.7 Å². The first-order chi connectivity index (χ1) is 13.1. The van der Waals surface area contributed by atoms with Gasteiger partial charge < -0.3 is 9.80 Å². The predicted molar refractivity (Wildman–Crippen MR) is 107 cm³/mol. The molecule has 0 N–H and O–H groups in total. The summed E-state index contributed by atoms with van der Waals surface area (Å²) in [5.41, 5.74) is 6.01. The first kappa shape index (κ1) is 17.8. The van der Waals surface area contributed by atoms with Crippen molar-refractivity contribution in [3.8, 4) is 0 Å². The number of allylic oxidation sites excluding steroid dienone is 1. The van der Waals surface area contributed by atoms with Gasteiger partial charge in [-0.15, -0.1) is 0 Å². The van der Waals surface area contributed by atoms with E-state index in [9.17, 15) is 4.79 Å². The molecule has 1 aliphatic heterocycles. The summed E-state index contributed by atoms with van der Waals surface area (Å²) in [4.78, 5) is 21.5. The fourth-order valence-electron chi connectivity index (χ4n) is 3.91. The van der Waals surface area contributed by atoms with Crippen LogP contribution in [-0.4, -0.2) is 51.8 Å². The Morgan fingerprint density at radius 2 is 2.04 bits per heavy atom. The second-order valence-corrected chi connectivity index (χ2v) is 7.56. The fraction of sp³-hybridized carbons (Fsp3) is 0.476. The number of hydrogen-bond acceptors (Lipinski definition) is 4. The van der Waals surface area contributed by atoms with Gasteiger partial charge in [-0.2, -0.15) is 5.10 Å². The van der Waals surface area contributed by atoms with Crippen LogP contribution in [0.2, 0.25) is 0 Å². The van der Waals surface area contributed by atoms with Gasteiger partial charge in [-0.05, 0) is 24.1 Å². The van der Waals surface area contributed by atoms with E-state index in [1.807, 2.05) is 35.9 Å². The van der Waals surface area contributed by atoms with Gasteiger partial charge in [0, 0.05) is 74.8 Å². The number of aryl methyl sites for hydroxylation is 1. The number of anilines is 1. The fourth-order valence-corrected chi connectivity index (χ4v) is 3.91. The topological polar surface area (TPSA) is 54.3 Å². The maximum absolute atomic E-state index is 12.4. The number of aromatic nitrogens is 3. The summed E-state index contributed by atoms with van der Waals surface area (Å²) in [6.45, 7) is 7.42. The highest BCUT2D eigenvalue weighted by molar-refractivity contribution is 5.91. The first-order valence-corrected chi connectivity index (χ1v) is 9.78. The third-order valence-electron chi connectivity index (χ3n) is 5.77. The molecule has 142 valence electrons. The van der Waals surface area contributed by atoms with E-state index < -0.39 is 0 Å². The number of piperazine rings is 1. The van der Waals surface area contributed by atoms with Crippen molar-refractivity contribution in [1.29, 1.82) is 0 Å². The van der Waals surface area contributed by atoms with Gasteiger partial charge in [0.25, 0.3) is 0 Å². The number of carbonyl (C=O) groups is 1. The van der Waals surface area contributed by atoms with Crippen molar-refractivity contribution < 1.29 is 4.79 Å². The second-order valence-electron chi connectivity index (χ2n) is 7.56. The van der Waals surface area contributed by atoms with Crippen LogP contribution >= 0.6 is 0 Å². The molecule has 2 aliphatic rings. The van der Waals surface area contributed by atoms with Crippen molar-refractivity contribution in [2.75, 3.05) is 31.1 Å². The van der Waals surface area contributed by atoms with Gasteiger partial charge in [-0.3, -0.25) is 14.5 Å². The quantitative estimate of drug-likeness (QED) is 0.836. The molecule has 0 saturated carbocycles. The van der Waals surface area contributed by atoms with Crippen LogP contribution in [0.3, 0.4) is 0 Å². The number of fused-ring (bicyclic) bond motifs is 1. The van der Waals surface area contributed by atoms with E-state index in [-0.39, 0.29) is 11.8 Å². The van der Waals surface area contributed by atoms with Gasteiger partial charge >= 0.3 is 0 Å². The van der Waals surface area contributed by atoms with E-state index in [0.717, 1.165) is 50.3 Å². The summed E-state index contributed by atoms with van der Waals surface area (Å²) in [5.74, 6) is 0.405. The number of hydrogen-bond donors (Lipinski definition) is 0. The monoisotopic (exact) mass is 365 g/mol. The van der Waals surface area contributed by atoms with Crippen molar-refractivity contribution in [1.82, 2.24) is 19.7 Å². The van der Waals surface area contributed by atoms with E-state index in [0.29, 0.717) is 0 Å². The Hall–Kier alpha value is -2.63. The lowest BCUT2D eigenvalue weighted by Gasteiger charge is -2.37. The van der Waals surface area contributed by atoms with Gasteiger partial charge in [-0.25, -0.2) is 0 Å². The maximum Gasteiger partial charge on any atom is 0.225 e. The first-order valence-electron chi connectivity index (χ1n) is 9.78. The van der Waals surface area contributed by atoms with Crippen molar-refractivity contribution in [3.63, 3.8) is 0 Å². The third-order valence-corrected chi connectivity index (χ3v) is 5.77. The predicted octanol–water partition coefficient (Wildman–Crippen LogP) is 2.61. The van der Waals surface area contributed by atoms with Crippen molar-refractivity contribution in [2.24, 2.45) is 13.0 Å². The lowest BCUT2D eigenvalue weighted by atomic mass is 10.1. The van der Waals surface area contributed by atoms with E-state index in [2.05, 4.69) is 40.2 Å². The molecular formula is C21H27N5O. The molecule has 4 rings (SSSR count). The van der Waals surface area contributed by atoms with E-state index in [1.165, 1.54) is 16.8 Å². The minimum absolute atomic E-state index is 0.117. The zero-order valence-electron chi connectivity index (χ0n) is 16.4. The molecule has 0 aromatic carbocycles. The van der Waals surface area contributed by atoms with Crippen molar-refractivity contribution in [3.05, 3.63) is 41.5 Å². The second kappa shape index (κ2) is 7.18. The zero-order valence-corrected chi connectivity index (χ0v) is 16.4. The molecule has 3 heterocycles. The molecule has 2 aromatic rings. The summed E-state index contributed by atoms with van der Waals surface area (Å²) in [6, 6.07) is 2.10. The highest BCUT2D eigenvalue weighted by Crippen LogP contribution is 2.36. The van der Waals surface area contributed by atoms with Gasteiger partial charge in [0.05, 0.1) is 11.9 Å². The van der Waals surface area contributed by atoms with Crippen LogP contribution in [0.1, 0.15) is 37.1 Å². The average Bonchev–Trinajstić information content (AvgIpc) is 3.32. The molecule has 6 heteroatoms. The molecule has 1 amide bonds. The summed E-state index contributed by atoms with van der Waals surface area (Å²) >= 11 is 0. The Kier molecular flexibility index (Phi) is 4.72. The number of amides is 1. The number of carbonyl (C=O) groups excluding carboxylic acids is 1. The van der Waals surface area contributed by atoms with E-state index >= 15 is 0 Å². The van der Waals surface area contributed by atoms with E-state index in [1.54, 1.807) is 0 Å². The Bertz CT molecular complexity index is 876. The number of pyridine rings is 1. The van der Waals surface area contributed by atoms with Crippen LogP contribution in [0.25, 0.3) is 11.6 Å². The molecule has 1 fully saturated rings. The molecule has 6 nitrogen and oxygen atoms in total. The standard InChI is InChI=1S/C21H27N5O/c1-4-15(2)21(27)26-9-7-25(8-10-26)20-5-6-22-19-12-16(11-18(19)20)17-13-23-24(3)14-17/h5-6,11,13-15H,4,7-10,12H2,1-3H3. The molecule has 1 aliphatic carbocycles. The van der Waals surface area contributed by atoms with Crippen LogP contribution in [0.4, 0.5) is 5.69 Å². The Labute approximate surface area is 160 Å². The van der Waals surface area contributed by atoms with Crippen molar-refractivity contribution >= 4 is 23.2 Å². The molecule has 0 bridgehead atoms. The molecule has 0 radical (unpaired) electrons. The van der Waals surface area contributed by atoms with Gasteiger partial charge in [0.1, 0.15) is 0 Å². The van der Waals surface area contributed by atoms with Crippen LogP contribution in [0, 0.1) is 5.92 Å². The van der Waals surface area contributed by atoms with E-state index in [4.69, 9.17) is 0 Å². The molecule has 1 atom stereocenters. The number of rotatable bonds is 4. The Morgan fingerprint density at radius 1 is 1.26 bits per heavy atom. The highest BCUT2D eigenvalue weighted by atomic mass is 16.2.